The number of allylic oxidation sites excluding steroid dienone is 4. The van der Waals surface area contributed by atoms with Gasteiger partial charge in [0, 0.05) is 23.7 Å². The molecule has 1 heterocycles. The van der Waals surface area contributed by atoms with Crippen LogP contribution in [0.25, 0.3) is 0 Å². The lowest BCUT2D eigenvalue weighted by Crippen LogP contribution is -2.63. The Balaban J connectivity index is 1.53. The number of Topliss-reactive ketones (excluding diaryl/α,β-unsaturated/α-hetero) is 1. The molecule has 4 fully saturated rings. The molecule has 1 aliphatic heterocycles. The first kappa shape index (κ1) is 24.4. The van der Waals surface area contributed by atoms with Crippen molar-refractivity contribution in [1.29, 1.82) is 0 Å². The maximum absolute atomic E-state index is 13.8. The first-order valence-electron chi connectivity index (χ1n) is 12.7. The average Bonchev–Trinajstić information content (AvgIpc) is 3.25. The third-order valence-corrected chi connectivity index (χ3v) is 10.4. The molecule has 0 aromatic carbocycles. The fourth-order valence-corrected chi connectivity index (χ4v) is 8.83. The van der Waals surface area contributed by atoms with Crippen molar-refractivity contribution in [3.05, 3.63) is 23.8 Å². The zero-order valence-electron chi connectivity index (χ0n) is 20.5. The van der Waals surface area contributed by atoms with Gasteiger partial charge < -0.3 is 14.6 Å². The molecule has 4 aliphatic carbocycles. The molecule has 1 N–H and O–H groups in total. The van der Waals surface area contributed by atoms with Gasteiger partial charge in [0.05, 0.1) is 18.0 Å². The minimum Gasteiger partial charge on any atom is -0.393 e. The summed E-state index contributed by atoms with van der Waals surface area (Å²) in [6, 6.07) is 0. The summed E-state index contributed by atoms with van der Waals surface area (Å²) >= 11 is 1.03. The second kappa shape index (κ2) is 8.39. The Bertz CT molecular complexity index is 972. The van der Waals surface area contributed by atoms with Gasteiger partial charge >= 0.3 is 0 Å². The topological polar surface area (TPSA) is 89.9 Å². The number of aliphatic hydroxyl groups excluding tert-OH is 1. The van der Waals surface area contributed by atoms with Crippen molar-refractivity contribution in [3.63, 3.8) is 0 Å². The maximum Gasteiger partial charge on any atom is 0.186 e. The van der Waals surface area contributed by atoms with Crippen molar-refractivity contribution < 1.29 is 29.0 Å². The number of hydrogen-bond acceptors (Lipinski definition) is 7. The number of ether oxygens (including phenoxy) is 2. The number of ketones is 2. The van der Waals surface area contributed by atoms with Gasteiger partial charge in [0.25, 0.3) is 0 Å². The van der Waals surface area contributed by atoms with E-state index >= 15 is 0 Å². The van der Waals surface area contributed by atoms with Crippen LogP contribution in [0.5, 0.6) is 0 Å². The molecule has 34 heavy (non-hydrogen) atoms. The highest BCUT2D eigenvalue weighted by Gasteiger charge is 2.75. The van der Waals surface area contributed by atoms with E-state index in [-0.39, 0.29) is 51.7 Å². The van der Waals surface area contributed by atoms with Crippen LogP contribution in [-0.2, 0) is 23.9 Å². The Hall–Kier alpha value is -1.28. The van der Waals surface area contributed by atoms with E-state index < -0.39 is 23.4 Å². The van der Waals surface area contributed by atoms with Gasteiger partial charge in [-0.25, -0.2) is 0 Å². The van der Waals surface area contributed by atoms with Crippen LogP contribution in [-0.4, -0.2) is 51.6 Å². The first-order valence-corrected chi connectivity index (χ1v) is 13.7. The lowest BCUT2D eigenvalue weighted by Gasteiger charge is -2.59. The molecule has 3 saturated carbocycles. The second-order valence-electron chi connectivity index (χ2n) is 11.3. The molecular weight excluding hydrogens is 452 g/mol. The molecule has 0 radical (unpaired) electrons. The van der Waals surface area contributed by atoms with Crippen LogP contribution in [0.1, 0.15) is 66.2 Å². The number of hydrogen-bond donors (Lipinski definition) is 1. The van der Waals surface area contributed by atoms with E-state index in [1.807, 2.05) is 6.08 Å². The summed E-state index contributed by atoms with van der Waals surface area (Å²) in [7, 11) is 0. The molecule has 6 nitrogen and oxygen atoms in total. The van der Waals surface area contributed by atoms with Crippen molar-refractivity contribution in [3.8, 4) is 0 Å². The number of carbonyl (C=O) groups is 3. The monoisotopic (exact) mass is 488 g/mol. The number of thioether (sulfide) groups is 1. The highest BCUT2D eigenvalue weighted by molar-refractivity contribution is 8.14. The summed E-state index contributed by atoms with van der Waals surface area (Å²) in [5, 5.41) is 11.6. The van der Waals surface area contributed by atoms with Gasteiger partial charge in [-0.3, -0.25) is 14.4 Å². The highest BCUT2D eigenvalue weighted by Crippen LogP contribution is 2.69. The van der Waals surface area contributed by atoms with Crippen LogP contribution < -0.4 is 0 Å². The van der Waals surface area contributed by atoms with Crippen molar-refractivity contribution in [2.45, 2.75) is 90.3 Å². The van der Waals surface area contributed by atoms with Crippen LogP contribution in [0, 0.1) is 28.6 Å². The Morgan fingerprint density at radius 1 is 1.29 bits per heavy atom. The minimum absolute atomic E-state index is 0.0149. The largest absolute Gasteiger partial charge is 0.393 e. The fourth-order valence-electron chi connectivity index (χ4n) is 8.28. The van der Waals surface area contributed by atoms with Crippen molar-refractivity contribution in [2.24, 2.45) is 28.6 Å². The molecule has 0 amide bonds. The molecule has 9 atom stereocenters. The van der Waals surface area contributed by atoms with Gasteiger partial charge in [-0.05, 0) is 56.1 Å². The third kappa shape index (κ3) is 3.30. The molecule has 0 spiro atoms. The second-order valence-corrected chi connectivity index (χ2v) is 12.5. The molecule has 5 rings (SSSR count). The Morgan fingerprint density at radius 2 is 2.06 bits per heavy atom. The standard InChI is InChI=1S/C27H36O6S/c1-5-6-23-32-22-12-19-18-8-7-16-11-17(29)9-10-25(16,3)24(18)20(30)13-26(19,4)27(22,33-23)21(31)14-34-15(2)28/h9-11,18-20,22-24,30H,5-8,12-14H2,1-4H3/t18?,19?,20?,22-,23?,24?,25+,26+,27-/m1/s1. The maximum atomic E-state index is 13.8. The predicted molar refractivity (Wildman–Crippen MR) is 129 cm³/mol. The van der Waals surface area contributed by atoms with E-state index in [1.54, 1.807) is 12.2 Å². The average molecular weight is 489 g/mol. The van der Waals surface area contributed by atoms with E-state index in [9.17, 15) is 19.5 Å². The van der Waals surface area contributed by atoms with Crippen molar-refractivity contribution in [1.82, 2.24) is 0 Å². The van der Waals surface area contributed by atoms with Gasteiger partial charge in [-0.15, -0.1) is 0 Å². The highest BCUT2D eigenvalue weighted by atomic mass is 32.2. The molecule has 5 unspecified atom stereocenters. The fraction of sp³-hybridized carbons (Fsp3) is 0.741. The number of aliphatic hydroxyl groups is 1. The van der Waals surface area contributed by atoms with E-state index in [0.29, 0.717) is 12.8 Å². The predicted octanol–water partition coefficient (Wildman–Crippen LogP) is 4.00. The quantitative estimate of drug-likeness (QED) is 0.625. The molecule has 0 bridgehead atoms. The Kier molecular flexibility index (Phi) is 6.03. The van der Waals surface area contributed by atoms with Gasteiger partial charge in [0.1, 0.15) is 0 Å². The van der Waals surface area contributed by atoms with E-state index in [4.69, 9.17) is 9.47 Å². The van der Waals surface area contributed by atoms with E-state index in [1.165, 1.54) is 6.92 Å². The van der Waals surface area contributed by atoms with Crippen LogP contribution >= 0.6 is 11.8 Å². The Morgan fingerprint density at radius 3 is 2.76 bits per heavy atom. The molecule has 5 aliphatic rings. The summed E-state index contributed by atoms with van der Waals surface area (Å²) in [4.78, 5) is 37.6. The van der Waals surface area contributed by atoms with Gasteiger partial charge in [0.2, 0.25) is 0 Å². The van der Waals surface area contributed by atoms with E-state index in [0.717, 1.165) is 43.0 Å². The minimum atomic E-state index is -1.14. The van der Waals surface area contributed by atoms with Gasteiger partial charge in [-0.1, -0.05) is 50.6 Å². The Labute approximate surface area is 205 Å². The molecule has 0 aromatic heterocycles. The summed E-state index contributed by atoms with van der Waals surface area (Å²) in [6.07, 6.45) is 8.43. The number of fused-ring (bicyclic) bond motifs is 7. The van der Waals surface area contributed by atoms with Crippen molar-refractivity contribution in [2.75, 3.05) is 5.75 Å². The van der Waals surface area contributed by atoms with Crippen LogP contribution in [0.2, 0.25) is 0 Å². The lowest BCUT2D eigenvalue weighted by molar-refractivity contribution is -0.197. The lowest BCUT2D eigenvalue weighted by atomic mass is 9.46. The number of carbonyl (C=O) groups excluding carboxylic acids is 3. The van der Waals surface area contributed by atoms with E-state index in [2.05, 4.69) is 20.8 Å². The molecular formula is C27H36O6S. The number of rotatable bonds is 5. The zero-order chi connectivity index (χ0) is 24.5. The summed E-state index contributed by atoms with van der Waals surface area (Å²) in [5.41, 5.74) is -0.965. The first-order chi connectivity index (χ1) is 16.1. The molecule has 7 heteroatoms. The molecule has 1 saturated heterocycles. The van der Waals surface area contributed by atoms with Gasteiger partial charge in [-0.2, -0.15) is 0 Å². The summed E-state index contributed by atoms with van der Waals surface area (Å²) < 4.78 is 13.0. The zero-order valence-corrected chi connectivity index (χ0v) is 21.4. The summed E-state index contributed by atoms with van der Waals surface area (Å²) in [5.74, 6) is 0.338. The van der Waals surface area contributed by atoms with Crippen LogP contribution in [0.15, 0.2) is 23.8 Å². The normalized spacial score (nSPS) is 46.9. The van der Waals surface area contributed by atoms with Crippen LogP contribution in [0.3, 0.4) is 0 Å². The summed E-state index contributed by atoms with van der Waals surface area (Å²) in [6.45, 7) is 7.80. The van der Waals surface area contributed by atoms with Crippen LogP contribution in [0.4, 0.5) is 0 Å². The SMILES string of the molecule is CCCC1O[C@@H]2CC3C4CCC5=CC(=O)C=C[C@]5(C)C4C(O)C[C@]3(C)[C@]2(C(=O)CSC(C)=O)O1. The third-order valence-electron chi connectivity index (χ3n) is 9.63. The van der Waals surface area contributed by atoms with Gasteiger partial charge in [0.15, 0.2) is 28.6 Å². The van der Waals surface area contributed by atoms with Crippen molar-refractivity contribution >= 4 is 28.4 Å². The smallest absolute Gasteiger partial charge is 0.186 e. The molecule has 186 valence electrons. The molecule has 0 aromatic rings.